The zero-order valence-electron chi connectivity index (χ0n) is 10.8. The molecule has 2 N–H and O–H groups in total. The van der Waals surface area contributed by atoms with Crippen LogP contribution in [0.15, 0.2) is 0 Å². The van der Waals surface area contributed by atoms with Crippen LogP contribution >= 0.6 is 0 Å². The number of hydrogen-bond donors (Lipinski definition) is 2. The third-order valence-electron chi connectivity index (χ3n) is 3.73. The van der Waals surface area contributed by atoms with Crippen LogP contribution in [0, 0.1) is 11.8 Å². The van der Waals surface area contributed by atoms with Gasteiger partial charge in [-0.25, -0.2) is 4.79 Å². The number of nitrogens with one attached hydrogen (secondary N) is 1. The normalized spacial score (nSPS) is 28.5. The van der Waals surface area contributed by atoms with Gasteiger partial charge in [-0.05, 0) is 18.3 Å². The zero-order valence-corrected chi connectivity index (χ0v) is 10.8. The van der Waals surface area contributed by atoms with Gasteiger partial charge in [0.2, 0.25) is 0 Å². The predicted molar refractivity (Wildman–Crippen MR) is 64.8 cm³/mol. The first kappa shape index (κ1) is 13.8. The van der Waals surface area contributed by atoms with E-state index in [1.54, 1.807) is 0 Å². The second-order valence-electron chi connectivity index (χ2n) is 5.07. The number of rotatable bonds is 3. The lowest BCUT2D eigenvalue weighted by Gasteiger charge is -2.35. The Balaban J connectivity index is 2.47. The summed E-state index contributed by atoms with van der Waals surface area (Å²) in [5.41, 5.74) is 0. The molecule has 0 aromatic carbocycles. The zero-order chi connectivity index (χ0) is 13.0. The van der Waals surface area contributed by atoms with E-state index >= 15 is 0 Å². The van der Waals surface area contributed by atoms with Crippen LogP contribution in [-0.4, -0.2) is 41.6 Å². The summed E-state index contributed by atoms with van der Waals surface area (Å²) < 4.78 is 0. The number of carboxylic acids is 1. The van der Waals surface area contributed by atoms with E-state index in [4.69, 9.17) is 5.11 Å². The number of carboxylic acid groups (broad SMARTS) is 1. The smallest absolute Gasteiger partial charge is 0.323 e. The average molecular weight is 242 g/mol. The number of carbonyl (C=O) groups is 2. The van der Waals surface area contributed by atoms with Crippen molar-refractivity contribution < 1.29 is 14.7 Å². The standard InChI is InChI=1S/C12H22N2O3/c1-8-5-4-6-10(9(8)2)13-12(17)14(3)7-11(15)16/h8-10H,4-7H2,1-3H3,(H,13,17)(H,15,16). The molecule has 1 rings (SSSR count). The number of nitrogens with zero attached hydrogens (tertiary/aromatic N) is 1. The number of likely N-dealkylation sites (N-methyl/N-ethyl adjacent to an activating group) is 1. The highest BCUT2D eigenvalue weighted by Gasteiger charge is 2.28. The molecule has 17 heavy (non-hydrogen) atoms. The molecule has 0 spiro atoms. The maximum Gasteiger partial charge on any atom is 0.323 e. The molecule has 1 aliphatic carbocycles. The largest absolute Gasteiger partial charge is 0.480 e. The predicted octanol–water partition coefficient (Wildman–Crippen LogP) is 1.54. The fourth-order valence-electron chi connectivity index (χ4n) is 2.33. The van der Waals surface area contributed by atoms with Crippen molar-refractivity contribution in [2.45, 2.75) is 39.2 Å². The fourth-order valence-corrected chi connectivity index (χ4v) is 2.33. The van der Waals surface area contributed by atoms with Crippen LogP contribution in [-0.2, 0) is 4.79 Å². The number of hydrogen-bond acceptors (Lipinski definition) is 2. The molecule has 5 nitrogen and oxygen atoms in total. The molecule has 0 saturated heterocycles. The van der Waals surface area contributed by atoms with Crippen LogP contribution in [0.5, 0.6) is 0 Å². The molecule has 0 bridgehead atoms. The SMILES string of the molecule is CC1CCCC(NC(=O)N(C)CC(=O)O)C1C. The molecule has 3 unspecified atom stereocenters. The van der Waals surface area contributed by atoms with E-state index < -0.39 is 5.97 Å². The molecule has 3 atom stereocenters. The van der Waals surface area contributed by atoms with Crippen LogP contribution in [0.1, 0.15) is 33.1 Å². The maximum absolute atomic E-state index is 11.8. The Morgan fingerprint density at radius 2 is 2.00 bits per heavy atom. The Morgan fingerprint density at radius 1 is 1.35 bits per heavy atom. The molecule has 0 heterocycles. The van der Waals surface area contributed by atoms with E-state index in [2.05, 4.69) is 19.2 Å². The van der Waals surface area contributed by atoms with Crippen molar-refractivity contribution in [3.05, 3.63) is 0 Å². The maximum atomic E-state index is 11.8. The van der Waals surface area contributed by atoms with Gasteiger partial charge in [0.05, 0.1) is 0 Å². The number of aliphatic carboxylic acids is 1. The summed E-state index contributed by atoms with van der Waals surface area (Å²) in [6, 6.07) is -0.124. The van der Waals surface area contributed by atoms with Crippen molar-refractivity contribution in [2.75, 3.05) is 13.6 Å². The molecule has 98 valence electrons. The number of amides is 2. The third kappa shape index (κ3) is 3.91. The van der Waals surface area contributed by atoms with Gasteiger partial charge < -0.3 is 15.3 Å². The Kier molecular flexibility index (Phi) is 4.78. The minimum absolute atomic E-state index is 0.169. The van der Waals surface area contributed by atoms with Gasteiger partial charge in [-0.3, -0.25) is 4.79 Å². The van der Waals surface area contributed by atoms with Crippen molar-refractivity contribution in [1.82, 2.24) is 10.2 Å². The summed E-state index contributed by atoms with van der Waals surface area (Å²) in [7, 11) is 1.50. The molecule has 0 aromatic rings. The highest BCUT2D eigenvalue weighted by molar-refractivity contribution is 5.79. The minimum Gasteiger partial charge on any atom is -0.480 e. The highest BCUT2D eigenvalue weighted by Crippen LogP contribution is 2.29. The molecule has 1 saturated carbocycles. The van der Waals surface area contributed by atoms with Crippen molar-refractivity contribution in [3.8, 4) is 0 Å². The molecule has 5 heteroatoms. The summed E-state index contributed by atoms with van der Waals surface area (Å²) in [5.74, 6) is 0.0671. The van der Waals surface area contributed by atoms with Crippen LogP contribution in [0.2, 0.25) is 0 Å². The van der Waals surface area contributed by atoms with E-state index in [1.807, 2.05) is 0 Å². The van der Waals surface area contributed by atoms with Gasteiger partial charge in [0.15, 0.2) is 0 Å². The van der Waals surface area contributed by atoms with Crippen LogP contribution in [0.3, 0.4) is 0 Å². The third-order valence-corrected chi connectivity index (χ3v) is 3.73. The van der Waals surface area contributed by atoms with Gasteiger partial charge >= 0.3 is 12.0 Å². The molecule has 0 aromatic heterocycles. The second kappa shape index (κ2) is 5.89. The van der Waals surface area contributed by atoms with Gasteiger partial charge in [-0.15, -0.1) is 0 Å². The minimum atomic E-state index is -0.993. The van der Waals surface area contributed by atoms with Crippen LogP contribution < -0.4 is 5.32 Å². The molecule has 0 radical (unpaired) electrons. The Hall–Kier alpha value is -1.26. The quantitative estimate of drug-likeness (QED) is 0.788. The molecule has 0 aliphatic heterocycles. The first-order chi connectivity index (χ1) is 7.91. The lowest BCUT2D eigenvalue weighted by atomic mass is 9.78. The Morgan fingerprint density at radius 3 is 2.59 bits per heavy atom. The molecular formula is C12H22N2O3. The summed E-state index contributed by atoms with van der Waals surface area (Å²) in [5, 5.41) is 11.5. The summed E-state index contributed by atoms with van der Waals surface area (Å²) in [6.07, 6.45) is 3.32. The van der Waals surface area contributed by atoms with E-state index in [0.717, 1.165) is 12.8 Å². The first-order valence-electron chi connectivity index (χ1n) is 6.15. The summed E-state index contributed by atoms with van der Waals surface area (Å²) in [6.45, 7) is 4.08. The van der Waals surface area contributed by atoms with Crippen LogP contribution in [0.4, 0.5) is 4.79 Å². The van der Waals surface area contributed by atoms with E-state index in [-0.39, 0.29) is 18.6 Å². The number of carbonyl (C=O) groups excluding carboxylic acids is 1. The van der Waals surface area contributed by atoms with E-state index in [1.165, 1.54) is 18.4 Å². The molecule has 1 fully saturated rings. The van der Waals surface area contributed by atoms with E-state index in [9.17, 15) is 9.59 Å². The molecular weight excluding hydrogens is 220 g/mol. The van der Waals surface area contributed by atoms with Gasteiger partial charge in [0.1, 0.15) is 6.54 Å². The van der Waals surface area contributed by atoms with Crippen molar-refractivity contribution in [3.63, 3.8) is 0 Å². The van der Waals surface area contributed by atoms with E-state index in [0.29, 0.717) is 11.8 Å². The molecule has 2 amide bonds. The van der Waals surface area contributed by atoms with Gasteiger partial charge in [0.25, 0.3) is 0 Å². The molecule has 1 aliphatic rings. The second-order valence-corrected chi connectivity index (χ2v) is 5.07. The first-order valence-corrected chi connectivity index (χ1v) is 6.15. The Labute approximate surface area is 102 Å². The van der Waals surface area contributed by atoms with Gasteiger partial charge in [-0.2, -0.15) is 0 Å². The fraction of sp³-hybridized carbons (Fsp3) is 0.833. The van der Waals surface area contributed by atoms with Crippen LogP contribution in [0.25, 0.3) is 0 Å². The lowest BCUT2D eigenvalue weighted by Crippen LogP contribution is -2.49. The van der Waals surface area contributed by atoms with Crippen molar-refractivity contribution in [1.29, 1.82) is 0 Å². The van der Waals surface area contributed by atoms with Crippen molar-refractivity contribution >= 4 is 12.0 Å². The monoisotopic (exact) mass is 242 g/mol. The van der Waals surface area contributed by atoms with Gasteiger partial charge in [-0.1, -0.05) is 26.7 Å². The topological polar surface area (TPSA) is 69.6 Å². The van der Waals surface area contributed by atoms with Crippen molar-refractivity contribution in [2.24, 2.45) is 11.8 Å². The van der Waals surface area contributed by atoms with Gasteiger partial charge in [0, 0.05) is 13.1 Å². The Bertz CT molecular complexity index is 293. The summed E-state index contributed by atoms with van der Waals surface area (Å²) in [4.78, 5) is 23.5. The number of urea groups is 1. The lowest BCUT2D eigenvalue weighted by molar-refractivity contribution is -0.137. The highest BCUT2D eigenvalue weighted by atomic mass is 16.4. The average Bonchev–Trinajstić information content (AvgIpc) is 2.23. The summed E-state index contributed by atoms with van der Waals surface area (Å²) >= 11 is 0.